The number of carbonyl (C=O) groups is 11. The van der Waals surface area contributed by atoms with Crippen LogP contribution in [0.5, 0.6) is 0 Å². The Morgan fingerprint density at radius 1 is 0.352 bits per heavy atom. The molecule has 0 bridgehead atoms. The van der Waals surface area contributed by atoms with Gasteiger partial charge in [0.05, 0.1) is 28.4 Å². The smallest absolute Gasteiger partial charge is 0.292 e. The van der Waals surface area contributed by atoms with E-state index in [9.17, 15) is 52.7 Å². The van der Waals surface area contributed by atoms with Crippen LogP contribution in [0.15, 0.2) is 104 Å². The highest BCUT2D eigenvalue weighted by atomic mass is 35.5. The van der Waals surface area contributed by atoms with Crippen LogP contribution < -0.4 is 63.4 Å². The highest BCUT2D eigenvalue weighted by Crippen LogP contribution is 2.24. The second kappa shape index (κ2) is 36.7. The third-order valence-electron chi connectivity index (χ3n) is 17.0. The molecule has 0 saturated carbocycles. The molecule has 108 heavy (non-hydrogen) atoms. The number of hydrogen-bond donors (Lipinski definition) is 11. The SMILES string of the molecule is CN(C)CCCNC(=O)c1cc(NC(=O)c2cc(NC(=O)c3cc(NC(=O)c4cc(NC(=O)CCCNC(=O)c5nc(NC(=O)c6nc(NC(=O)c7cc(NC(=O)c8nc(NC(=O)CCNC(=O)CCCc9ccc(N(CCCl)CCCl)cc9)cn8C)cn7C)cn6C)cn5C)cn4C)cn3C)cn2C)cn1C. The standard InChI is InChI=1S/C71H88Cl2N24O11/c1-88(2)27-13-25-75-64(101)50-31-45(36-89(50)3)78-66(103)52-33-47(38-91(52)5)80-67(104)53-32-46(37-92(53)6)79-65(102)51-30-44(35-90(51)4)77-59(99)16-12-24-76-69(106)61-84-57(42-94(61)8)87-71(108)63-85-56(41-96(63)10)86-68(105)54-34-48(39-93(54)7)81-70(107)62-83-55(40-95(62)9)82-60(100)21-26-74-58(98)15-11-14-43-17-19-49(20-18-43)97(28-22-72)29-23-73/h17-20,30-42H,11-16,21-29H2,1-10H3,(H,74,98)(H,75,101)(H,76,106)(H,77,99)(H,78,103)(H,79,102)(H,80,104)(H,81,107)(H,82,100)(H,86,105)(H,87,108). The minimum atomic E-state index is -0.714. The van der Waals surface area contributed by atoms with Crippen molar-refractivity contribution in [2.75, 3.05) is 113 Å². The van der Waals surface area contributed by atoms with Crippen LogP contribution in [0.3, 0.4) is 0 Å². The molecule has 8 heterocycles. The Balaban J connectivity index is 0.663. The maximum absolute atomic E-state index is 13.5. The van der Waals surface area contributed by atoms with Gasteiger partial charge in [0.1, 0.15) is 28.5 Å². The highest BCUT2D eigenvalue weighted by molar-refractivity contribution is 6.19. The first kappa shape index (κ1) is 79.9. The van der Waals surface area contributed by atoms with E-state index in [-0.39, 0.29) is 114 Å². The first-order chi connectivity index (χ1) is 51.5. The van der Waals surface area contributed by atoms with Gasteiger partial charge in [0.15, 0.2) is 17.5 Å². The molecule has 0 atom stereocenters. The summed E-state index contributed by atoms with van der Waals surface area (Å²) >= 11 is 11.9. The Bertz CT molecular complexity index is 4810. The van der Waals surface area contributed by atoms with Gasteiger partial charge < -0.3 is 105 Å². The van der Waals surface area contributed by atoms with E-state index in [2.05, 4.69) is 78.3 Å². The summed E-state index contributed by atoms with van der Waals surface area (Å²) in [6.07, 6.45) is 14.7. The molecule has 1 aromatic carbocycles. The number of benzene rings is 1. The molecule has 0 aliphatic carbocycles. The molecule has 9 rings (SSSR count). The number of alkyl halides is 2. The van der Waals surface area contributed by atoms with Crippen molar-refractivity contribution in [2.24, 2.45) is 56.4 Å². The maximum Gasteiger partial charge on any atom is 0.292 e. The second-order valence-corrected chi connectivity index (χ2v) is 26.6. The molecular formula is C71H88Cl2N24O11. The van der Waals surface area contributed by atoms with Crippen LogP contribution in [0, 0.1) is 0 Å². The minimum Gasteiger partial charge on any atom is -0.369 e. The Labute approximate surface area is 631 Å². The lowest BCUT2D eigenvalue weighted by Crippen LogP contribution is -2.28. The van der Waals surface area contributed by atoms with Crippen molar-refractivity contribution in [3.05, 3.63) is 156 Å². The summed E-state index contributed by atoms with van der Waals surface area (Å²) in [5.41, 5.74) is 4.87. The first-order valence-corrected chi connectivity index (χ1v) is 35.4. The van der Waals surface area contributed by atoms with Crippen molar-refractivity contribution in [3.8, 4) is 0 Å². The van der Waals surface area contributed by atoms with Gasteiger partial charge in [-0.05, 0) is 94.4 Å². The van der Waals surface area contributed by atoms with Gasteiger partial charge in [0.2, 0.25) is 35.2 Å². The number of imidazole rings is 3. The zero-order chi connectivity index (χ0) is 78.0. The fraction of sp³-hybridized carbons (Fsp3) is 0.352. The number of carbonyl (C=O) groups excluding carboxylic acids is 11. The summed E-state index contributed by atoms with van der Waals surface area (Å²) in [5, 5.41) is 30.2. The van der Waals surface area contributed by atoms with Crippen LogP contribution in [0.25, 0.3) is 0 Å². The van der Waals surface area contributed by atoms with Crippen molar-refractivity contribution in [3.63, 3.8) is 0 Å². The highest BCUT2D eigenvalue weighted by Gasteiger charge is 2.25. The molecule has 11 N–H and O–H groups in total. The maximum atomic E-state index is 13.5. The number of aryl methyl sites for hydroxylation is 9. The molecule has 0 radical (unpaired) electrons. The van der Waals surface area contributed by atoms with Gasteiger partial charge in [-0.1, -0.05) is 12.1 Å². The van der Waals surface area contributed by atoms with Crippen LogP contribution in [-0.2, 0) is 77.2 Å². The van der Waals surface area contributed by atoms with E-state index in [0.717, 1.165) is 24.2 Å². The van der Waals surface area contributed by atoms with Gasteiger partial charge in [-0.3, -0.25) is 52.7 Å². The van der Waals surface area contributed by atoms with Gasteiger partial charge in [-0.2, -0.15) is 0 Å². The van der Waals surface area contributed by atoms with E-state index in [1.165, 1.54) is 83.5 Å². The third kappa shape index (κ3) is 21.5. The quantitative estimate of drug-likeness (QED) is 0.0166. The zero-order valence-corrected chi connectivity index (χ0v) is 63.0. The first-order valence-electron chi connectivity index (χ1n) is 34.4. The average molecular weight is 1520 g/mol. The van der Waals surface area contributed by atoms with Crippen LogP contribution in [-0.4, -0.2) is 186 Å². The van der Waals surface area contributed by atoms with E-state index in [1.807, 2.05) is 43.3 Å². The largest absolute Gasteiger partial charge is 0.369 e. The second-order valence-electron chi connectivity index (χ2n) is 25.9. The van der Waals surface area contributed by atoms with Crippen LogP contribution in [0.4, 0.5) is 51.6 Å². The van der Waals surface area contributed by atoms with Gasteiger partial charge in [0.25, 0.3) is 47.3 Å². The zero-order valence-electron chi connectivity index (χ0n) is 61.5. The molecule has 8 aromatic heterocycles. The molecule has 11 amide bonds. The molecule has 0 fully saturated rings. The van der Waals surface area contributed by atoms with Gasteiger partial charge >= 0.3 is 0 Å². The molecule has 0 aliphatic heterocycles. The Kier molecular flexibility index (Phi) is 27.1. The van der Waals surface area contributed by atoms with E-state index >= 15 is 0 Å². The number of rotatable bonds is 36. The normalized spacial score (nSPS) is 11.1. The van der Waals surface area contributed by atoms with E-state index in [1.54, 1.807) is 89.3 Å². The van der Waals surface area contributed by atoms with Crippen molar-refractivity contribution in [1.29, 1.82) is 0 Å². The number of nitrogens with zero attached hydrogens (tertiary/aromatic N) is 13. The molecule has 37 heteroatoms. The van der Waals surface area contributed by atoms with Crippen molar-refractivity contribution < 1.29 is 52.7 Å². The number of hydrogen-bond acceptors (Lipinski definition) is 16. The number of amides is 11. The average Bonchev–Trinajstić information content (AvgIpc) is 1.23. The molecule has 35 nitrogen and oxygen atoms in total. The van der Waals surface area contributed by atoms with Gasteiger partial charge in [0, 0.05) is 175 Å². The number of anilines is 9. The fourth-order valence-electron chi connectivity index (χ4n) is 11.6. The van der Waals surface area contributed by atoms with E-state index < -0.39 is 53.2 Å². The van der Waals surface area contributed by atoms with Crippen molar-refractivity contribution in [2.45, 2.75) is 44.9 Å². The summed E-state index contributed by atoms with van der Waals surface area (Å²) in [6.45, 7) is 2.88. The molecule has 572 valence electrons. The monoisotopic (exact) mass is 1520 g/mol. The summed E-state index contributed by atoms with van der Waals surface area (Å²) in [6, 6.07) is 15.6. The molecule has 0 spiro atoms. The predicted octanol–water partition coefficient (Wildman–Crippen LogP) is 5.68. The Morgan fingerprint density at radius 3 is 1.17 bits per heavy atom. The number of aromatic nitrogens is 11. The molecule has 0 aliphatic rings. The lowest BCUT2D eigenvalue weighted by atomic mass is 10.1. The van der Waals surface area contributed by atoms with Crippen LogP contribution in [0.2, 0.25) is 0 Å². The van der Waals surface area contributed by atoms with E-state index in [4.69, 9.17) is 23.2 Å². The van der Waals surface area contributed by atoms with Crippen LogP contribution >= 0.6 is 23.2 Å². The molecular weight excluding hydrogens is 1440 g/mol. The molecule has 0 saturated heterocycles. The Morgan fingerprint density at radius 2 is 0.713 bits per heavy atom. The summed E-state index contributed by atoms with van der Waals surface area (Å²) in [4.78, 5) is 162. The van der Waals surface area contributed by atoms with Crippen molar-refractivity contribution >= 4 is 140 Å². The number of halogens is 2. The van der Waals surface area contributed by atoms with Crippen LogP contribution in [0.1, 0.15) is 128 Å². The van der Waals surface area contributed by atoms with Gasteiger partial charge in [-0.15, -0.1) is 23.2 Å². The topological polar surface area (TPSA) is 405 Å². The van der Waals surface area contributed by atoms with E-state index in [0.29, 0.717) is 72.7 Å². The molecule has 0 unspecified atom stereocenters. The fourth-order valence-corrected chi connectivity index (χ4v) is 12.0. The minimum absolute atomic E-state index is 0.00700. The summed E-state index contributed by atoms with van der Waals surface area (Å²) in [5.74, 6) is -4.42. The Hall–Kier alpha value is -12.2. The summed E-state index contributed by atoms with van der Waals surface area (Å²) in [7, 11) is 16.8. The molecule has 9 aromatic rings. The number of nitrogens with one attached hydrogen (secondary N) is 11. The lowest BCUT2D eigenvalue weighted by Gasteiger charge is -2.23. The van der Waals surface area contributed by atoms with Gasteiger partial charge in [-0.25, -0.2) is 15.0 Å². The summed E-state index contributed by atoms with van der Waals surface area (Å²) < 4.78 is 11.9. The lowest BCUT2D eigenvalue weighted by molar-refractivity contribution is -0.121. The predicted molar refractivity (Wildman–Crippen MR) is 409 cm³/mol. The van der Waals surface area contributed by atoms with Crippen molar-refractivity contribution in [1.82, 2.24) is 72.3 Å². The third-order valence-corrected chi connectivity index (χ3v) is 17.3.